The van der Waals surface area contributed by atoms with Gasteiger partial charge in [0.1, 0.15) is 11.8 Å². The number of hydrogen-bond donors (Lipinski definition) is 1. The van der Waals surface area contributed by atoms with Gasteiger partial charge in [-0.1, -0.05) is 85.1 Å². The molecule has 1 N–H and O–H groups in total. The van der Waals surface area contributed by atoms with Crippen molar-refractivity contribution in [2.75, 3.05) is 6.61 Å². The first-order chi connectivity index (χ1) is 17.1. The zero-order valence-electron chi connectivity index (χ0n) is 19.7. The lowest BCUT2D eigenvalue weighted by molar-refractivity contribution is -0.143. The van der Waals surface area contributed by atoms with Crippen LogP contribution in [-0.4, -0.2) is 35.4 Å². The predicted molar refractivity (Wildman–Crippen MR) is 138 cm³/mol. The number of para-hydroxylation sites is 1. The number of carbonyl (C=O) groups is 2. The molecular formula is C29H31ClN2O3. The first kappa shape index (κ1) is 24.8. The molecule has 1 fully saturated rings. The Morgan fingerprint density at radius 1 is 0.886 bits per heavy atom. The number of nitrogens with zero attached hydrogens (tertiary/aromatic N) is 1. The van der Waals surface area contributed by atoms with Gasteiger partial charge in [-0.25, -0.2) is 0 Å². The van der Waals surface area contributed by atoms with E-state index in [9.17, 15) is 9.59 Å². The maximum atomic E-state index is 13.6. The number of rotatable bonds is 10. The fraction of sp³-hybridized carbons (Fsp3) is 0.310. The highest BCUT2D eigenvalue weighted by atomic mass is 35.5. The van der Waals surface area contributed by atoms with Crippen LogP contribution in [0.5, 0.6) is 5.75 Å². The highest BCUT2D eigenvalue weighted by Gasteiger charge is 2.32. The molecular weight excluding hydrogens is 460 g/mol. The Kier molecular flexibility index (Phi) is 8.79. The number of hydrogen-bond acceptors (Lipinski definition) is 3. The average Bonchev–Trinajstić information content (AvgIpc) is 3.40. The largest absolute Gasteiger partial charge is 0.484 e. The van der Waals surface area contributed by atoms with Crippen LogP contribution in [0.1, 0.15) is 36.8 Å². The third kappa shape index (κ3) is 7.33. The summed E-state index contributed by atoms with van der Waals surface area (Å²) in [4.78, 5) is 28.8. The summed E-state index contributed by atoms with van der Waals surface area (Å²) >= 11 is 6.08. The second kappa shape index (κ2) is 12.4. The van der Waals surface area contributed by atoms with Gasteiger partial charge in [-0.15, -0.1) is 0 Å². The number of benzene rings is 3. The first-order valence-electron chi connectivity index (χ1n) is 12.1. The van der Waals surface area contributed by atoms with Gasteiger partial charge in [-0.05, 0) is 48.2 Å². The summed E-state index contributed by atoms with van der Waals surface area (Å²) in [6, 6.07) is 25.9. The summed E-state index contributed by atoms with van der Waals surface area (Å²) < 4.78 is 5.78. The van der Waals surface area contributed by atoms with Crippen molar-refractivity contribution in [1.29, 1.82) is 0 Å². The molecule has 1 aliphatic rings. The van der Waals surface area contributed by atoms with Gasteiger partial charge in [0.05, 0.1) is 0 Å². The van der Waals surface area contributed by atoms with Crippen molar-refractivity contribution in [2.45, 2.75) is 50.7 Å². The van der Waals surface area contributed by atoms with Crippen LogP contribution in [0.3, 0.4) is 0 Å². The highest BCUT2D eigenvalue weighted by molar-refractivity contribution is 6.30. The Labute approximate surface area is 212 Å². The first-order valence-corrected chi connectivity index (χ1v) is 12.5. The van der Waals surface area contributed by atoms with Gasteiger partial charge >= 0.3 is 0 Å². The lowest BCUT2D eigenvalue weighted by Gasteiger charge is -2.32. The van der Waals surface area contributed by atoms with Gasteiger partial charge in [0.2, 0.25) is 5.91 Å². The van der Waals surface area contributed by atoms with E-state index in [1.54, 1.807) is 17.0 Å². The maximum Gasteiger partial charge on any atom is 0.261 e. The van der Waals surface area contributed by atoms with Crippen LogP contribution >= 0.6 is 11.6 Å². The molecule has 6 heteroatoms. The standard InChI is InChI=1S/C29H31ClN2O3/c30-24-17-15-23(16-18-24)20-32(28(33)21-35-26-13-5-2-6-14-26)27(19-22-9-3-1-4-10-22)29(34)31-25-11-7-8-12-25/h1-6,9-10,13-18,25,27H,7-8,11-12,19-21H2,(H,31,34). The third-order valence-corrected chi connectivity index (χ3v) is 6.60. The SMILES string of the molecule is O=C(NC1CCCC1)C(Cc1ccccc1)N(Cc1ccc(Cl)cc1)C(=O)COc1ccccc1. The zero-order chi connectivity index (χ0) is 24.5. The second-order valence-corrected chi connectivity index (χ2v) is 9.38. The molecule has 1 unspecified atom stereocenters. The van der Waals surface area contributed by atoms with E-state index >= 15 is 0 Å². The van der Waals surface area contributed by atoms with Crippen LogP contribution in [0.4, 0.5) is 0 Å². The van der Waals surface area contributed by atoms with E-state index in [2.05, 4.69) is 5.32 Å². The molecule has 1 atom stereocenters. The van der Waals surface area contributed by atoms with Crippen LogP contribution in [0.25, 0.3) is 0 Å². The molecule has 3 aromatic rings. The molecule has 4 rings (SSSR count). The normalized spacial score (nSPS) is 14.3. The summed E-state index contributed by atoms with van der Waals surface area (Å²) in [5.41, 5.74) is 1.89. The van der Waals surface area contributed by atoms with E-state index in [1.807, 2.05) is 72.8 Å². The fourth-order valence-corrected chi connectivity index (χ4v) is 4.58. The lowest BCUT2D eigenvalue weighted by atomic mass is 10.0. The third-order valence-electron chi connectivity index (χ3n) is 6.34. The molecule has 2 amide bonds. The number of halogens is 1. The van der Waals surface area contributed by atoms with Gasteiger partial charge in [0, 0.05) is 24.0 Å². The topological polar surface area (TPSA) is 58.6 Å². The molecule has 1 aliphatic carbocycles. The Hall–Kier alpha value is -3.31. The van der Waals surface area contributed by atoms with Crippen molar-refractivity contribution in [1.82, 2.24) is 10.2 Å². The maximum absolute atomic E-state index is 13.6. The van der Waals surface area contributed by atoms with Crippen molar-refractivity contribution < 1.29 is 14.3 Å². The van der Waals surface area contributed by atoms with Crippen molar-refractivity contribution in [3.8, 4) is 5.75 Å². The van der Waals surface area contributed by atoms with Crippen molar-refractivity contribution >= 4 is 23.4 Å². The predicted octanol–water partition coefficient (Wildman–Crippen LogP) is 5.42. The van der Waals surface area contributed by atoms with E-state index in [0.717, 1.165) is 36.8 Å². The molecule has 35 heavy (non-hydrogen) atoms. The average molecular weight is 491 g/mol. The molecule has 0 saturated heterocycles. The van der Waals surface area contributed by atoms with Crippen molar-refractivity contribution in [2.24, 2.45) is 0 Å². The monoisotopic (exact) mass is 490 g/mol. The Balaban J connectivity index is 1.60. The van der Waals surface area contributed by atoms with Crippen molar-refractivity contribution in [3.63, 3.8) is 0 Å². The fourth-order valence-electron chi connectivity index (χ4n) is 4.45. The molecule has 0 bridgehead atoms. The van der Waals surface area contributed by atoms with Gasteiger partial charge < -0.3 is 15.0 Å². The van der Waals surface area contributed by atoms with E-state index in [4.69, 9.17) is 16.3 Å². The zero-order valence-corrected chi connectivity index (χ0v) is 20.5. The molecule has 1 saturated carbocycles. The van der Waals surface area contributed by atoms with Crippen LogP contribution in [0.15, 0.2) is 84.9 Å². The Morgan fingerprint density at radius 2 is 1.51 bits per heavy atom. The molecule has 182 valence electrons. The van der Waals surface area contributed by atoms with Crippen molar-refractivity contribution in [3.05, 3.63) is 101 Å². The number of amides is 2. The summed E-state index contributed by atoms with van der Waals surface area (Å²) in [7, 11) is 0. The highest BCUT2D eigenvalue weighted by Crippen LogP contribution is 2.21. The van der Waals surface area contributed by atoms with E-state index in [-0.39, 0.29) is 31.0 Å². The van der Waals surface area contributed by atoms with Crippen LogP contribution in [0.2, 0.25) is 5.02 Å². The Morgan fingerprint density at radius 3 is 2.17 bits per heavy atom. The summed E-state index contributed by atoms with van der Waals surface area (Å²) in [6.45, 7) is 0.128. The summed E-state index contributed by atoms with van der Waals surface area (Å²) in [6.07, 6.45) is 4.61. The molecule has 0 heterocycles. The summed E-state index contributed by atoms with van der Waals surface area (Å²) in [5, 5.41) is 3.83. The lowest BCUT2D eigenvalue weighted by Crippen LogP contribution is -2.53. The van der Waals surface area contributed by atoms with Crippen LogP contribution in [-0.2, 0) is 22.6 Å². The quantitative estimate of drug-likeness (QED) is 0.413. The minimum atomic E-state index is -0.666. The Bertz CT molecular complexity index is 1080. The molecule has 5 nitrogen and oxygen atoms in total. The van der Waals surface area contributed by atoms with Gasteiger partial charge in [-0.3, -0.25) is 9.59 Å². The minimum Gasteiger partial charge on any atom is -0.484 e. The molecule has 0 aromatic heterocycles. The number of ether oxygens (including phenoxy) is 1. The van der Waals surface area contributed by atoms with E-state index in [1.165, 1.54) is 0 Å². The van der Waals surface area contributed by atoms with E-state index in [0.29, 0.717) is 17.2 Å². The molecule has 3 aromatic carbocycles. The second-order valence-electron chi connectivity index (χ2n) is 8.95. The summed E-state index contributed by atoms with van der Waals surface area (Å²) in [5.74, 6) is 0.247. The van der Waals surface area contributed by atoms with E-state index < -0.39 is 6.04 Å². The number of nitrogens with one attached hydrogen (secondary N) is 1. The molecule has 0 radical (unpaired) electrons. The van der Waals surface area contributed by atoms with Gasteiger partial charge in [-0.2, -0.15) is 0 Å². The smallest absolute Gasteiger partial charge is 0.261 e. The minimum absolute atomic E-state index is 0.122. The number of carbonyl (C=O) groups excluding carboxylic acids is 2. The van der Waals surface area contributed by atoms with Gasteiger partial charge in [0.15, 0.2) is 6.61 Å². The van der Waals surface area contributed by atoms with Crippen LogP contribution in [0, 0.1) is 0 Å². The molecule has 0 spiro atoms. The van der Waals surface area contributed by atoms with Crippen LogP contribution < -0.4 is 10.1 Å². The van der Waals surface area contributed by atoms with Gasteiger partial charge in [0.25, 0.3) is 5.91 Å². The molecule has 0 aliphatic heterocycles.